The van der Waals surface area contributed by atoms with E-state index >= 15 is 0 Å². The minimum absolute atomic E-state index is 0.0487. The third-order valence-corrected chi connectivity index (χ3v) is 6.20. The molecule has 1 fully saturated rings. The zero-order chi connectivity index (χ0) is 21.4. The number of hydrogen-bond donors (Lipinski definition) is 1. The Morgan fingerprint density at radius 1 is 1.06 bits per heavy atom. The van der Waals surface area contributed by atoms with Crippen molar-refractivity contribution in [2.45, 2.75) is 24.8 Å². The van der Waals surface area contributed by atoms with Crippen molar-refractivity contribution in [3.63, 3.8) is 0 Å². The summed E-state index contributed by atoms with van der Waals surface area (Å²) in [6.45, 7) is 2.17. The fourth-order valence-corrected chi connectivity index (χ4v) is 4.26. The van der Waals surface area contributed by atoms with E-state index in [9.17, 15) is 4.79 Å². The van der Waals surface area contributed by atoms with Gasteiger partial charge in [0.1, 0.15) is 5.75 Å². The van der Waals surface area contributed by atoms with Crippen molar-refractivity contribution in [3.8, 4) is 17.0 Å². The van der Waals surface area contributed by atoms with Crippen molar-refractivity contribution in [2.75, 3.05) is 7.11 Å². The maximum atomic E-state index is 13.4. The third kappa shape index (κ3) is 3.42. The molecule has 0 spiro atoms. The van der Waals surface area contributed by atoms with Gasteiger partial charge in [0, 0.05) is 40.4 Å². The monoisotopic (exact) mass is 409 g/mol. The van der Waals surface area contributed by atoms with Crippen LogP contribution >= 0.6 is 0 Å². The summed E-state index contributed by atoms with van der Waals surface area (Å²) in [4.78, 5) is 22.2. The maximum absolute atomic E-state index is 13.4. The first-order valence-corrected chi connectivity index (χ1v) is 10.3. The first-order valence-electron chi connectivity index (χ1n) is 10.3. The molecule has 0 bridgehead atoms. The predicted octanol–water partition coefficient (Wildman–Crippen LogP) is 4.77. The van der Waals surface area contributed by atoms with Gasteiger partial charge in [0.2, 0.25) is 0 Å². The number of benzene rings is 2. The number of pyridine rings is 2. The summed E-state index contributed by atoms with van der Waals surface area (Å²) < 4.78 is 5.55. The van der Waals surface area contributed by atoms with Gasteiger partial charge in [-0.3, -0.25) is 9.78 Å². The lowest BCUT2D eigenvalue weighted by atomic mass is 9.96. The molecule has 0 radical (unpaired) electrons. The summed E-state index contributed by atoms with van der Waals surface area (Å²) in [6.07, 6.45) is 4.34. The molecule has 2 aromatic heterocycles. The predicted molar refractivity (Wildman–Crippen MR) is 121 cm³/mol. The van der Waals surface area contributed by atoms with Crippen LogP contribution in [0.1, 0.15) is 29.3 Å². The Bertz CT molecular complexity index is 1270. The lowest BCUT2D eigenvalue weighted by Crippen LogP contribution is -2.30. The molecule has 2 unspecified atom stereocenters. The number of carbonyl (C=O) groups excluding carboxylic acids is 1. The highest BCUT2D eigenvalue weighted by Crippen LogP contribution is 2.51. The summed E-state index contributed by atoms with van der Waals surface area (Å²) in [5.41, 5.74) is 4.10. The molecule has 0 saturated heterocycles. The zero-order valence-electron chi connectivity index (χ0n) is 17.5. The van der Waals surface area contributed by atoms with Gasteiger partial charge < -0.3 is 10.1 Å². The highest BCUT2D eigenvalue weighted by atomic mass is 16.5. The zero-order valence-corrected chi connectivity index (χ0v) is 17.5. The van der Waals surface area contributed by atoms with E-state index in [4.69, 9.17) is 9.72 Å². The number of methoxy groups -OCH3 is 1. The largest absolute Gasteiger partial charge is 0.496 e. The number of amides is 1. The molecule has 1 aliphatic carbocycles. The Labute approximate surface area is 181 Å². The molecule has 5 nitrogen and oxygen atoms in total. The van der Waals surface area contributed by atoms with E-state index in [2.05, 4.69) is 23.3 Å². The molecule has 31 heavy (non-hydrogen) atoms. The number of nitrogens with one attached hydrogen (secondary N) is 1. The first kappa shape index (κ1) is 19.2. The summed E-state index contributed by atoms with van der Waals surface area (Å²) in [5, 5.41) is 4.09. The van der Waals surface area contributed by atoms with Crippen molar-refractivity contribution in [1.82, 2.24) is 15.3 Å². The van der Waals surface area contributed by atoms with E-state index in [-0.39, 0.29) is 17.4 Å². The van der Waals surface area contributed by atoms with Crippen molar-refractivity contribution in [3.05, 3.63) is 90.3 Å². The van der Waals surface area contributed by atoms with E-state index in [1.807, 2.05) is 60.7 Å². The molecule has 1 amide bonds. The number of rotatable bonds is 5. The van der Waals surface area contributed by atoms with Gasteiger partial charge in [0.25, 0.3) is 5.91 Å². The number of carbonyl (C=O) groups is 1. The van der Waals surface area contributed by atoms with Crippen molar-refractivity contribution in [1.29, 1.82) is 0 Å². The molecular formula is C26H23N3O2. The molecule has 0 aliphatic heterocycles. The lowest BCUT2D eigenvalue weighted by molar-refractivity contribution is 0.0949. The van der Waals surface area contributed by atoms with Crippen LogP contribution in [0.3, 0.4) is 0 Å². The average molecular weight is 409 g/mol. The van der Waals surface area contributed by atoms with Crippen LogP contribution in [0.2, 0.25) is 0 Å². The second-order valence-corrected chi connectivity index (χ2v) is 8.16. The number of para-hydroxylation sites is 2. The smallest absolute Gasteiger partial charge is 0.252 e. The Balaban J connectivity index is 1.48. The summed E-state index contributed by atoms with van der Waals surface area (Å²) in [5.74, 6) is 0.772. The van der Waals surface area contributed by atoms with Crippen LogP contribution in [0, 0.1) is 0 Å². The standard InChI is InChI=1S/C26H23N3O2/c1-26(20-8-4-6-10-23(20)31-2)16-24(26)29-25(30)19-15-22(17-11-13-27-14-12-17)28-21-9-5-3-7-18(19)21/h3-15,24H,16H2,1-2H3,(H,29,30). The van der Waals surface area contributed by atoms with Crippen LogP contribution in [-0.4, -0.2) is 29.0 Å². The van der Waals surface area contributed by atoms with Crippen LogP contribution in [0.5, 0.6) is 5.75 Å². The molecule has 2 aromatic carbocycles. The van der Waals surface area contributed by atoms with E-state index in [1.54, 1.807) is 19.5 Å². The third-order valence-electron chi connectivity index (χ3n) is 6.20. The van der Waals surface area contributed by atoms with Crippen LogP contribution in [-0.2, 0) is 5.41 Å². The van der Waals surface area contributed by atoms with Gasteiger partial charge in [0.15, 0.2) is 0 Å². The van der Waals surface area contributed by atoms with Gasteiger partial charge in [-0.2, -0.15) is 0 Å². The van der Waals surface area contributed by atoms with Crippen molar-refractivity contribution >= 4 is 16.8 Å². The van der Waals surface area contributed by atoms with Gasteiger partial charge in [-0.05, 0) is 36.8 Å². The Hall–Kier alpha value is -3.73. The lowest BCUT2D eigenvalue weighted by Gasteiger charge is -2.17. The first-order chi connectivity index (χ1) is 15.1. The van der Waals surface area contributed by atoms with Crippen LogP contribution in [0.25, 0.3) is 22.2 Å². The highest BCUT2D eigenvalue weighted by molar-refractivity contribution is 6.07. The van der Waals surface area contributed by atoms with Crippen LogP contribution in [0.15, 0.2) is 79.1 Å². The van der Waals surface area contributed by atoms with Crippen molar-refractivity contribution in [2.24, 2.45) is 0 Å². The van der Waals surface area contributed by atoms with Gasteiger partial charge in [-0.15, -0.1) is 0 Å². The fourth-order valence-electron chi connectivity index (χ4n) is 4.26. The quantitative estimate of drug-likeness (QED) is 0.516. The number of nitrogens with zero attached hydrogens (tertiary/aromatic N) is 2. The number of aromatic nitrogens is 2. The van der Waals surface area contributed by atoms with Crippen LogP contribution < -0.4 is 10.1 Å². The Kier molecular flexibility index (Phi) is 4.66. The molecule has 1 saturated carbocycles. The molecule has 1 N–H and O–H groups in total. The number of ether oxygens (including phenoxy) is 1. The highest BCUT2D eigenvalue weighted by Gasteiger charge is 2.53. The second kappa shape index (κ2) is 7.51. The molecule has 4 aromatic rings. The average Bonchev–Trinajstić information content (AvgIpc) is 3.48. The molecule has 2 atom stereocenters. The fraction of sp³-hybridized carbons (Fsp3) is 0.192. The normalized spacial score (nSPS) is 19.7. The topological polar surface area (TPSA) is 64.1 Å². The molecule has 1 aliphatic rings. The van der Waals surface area contributed by atoms with Gasteiger partial charge >= 0.3 is 0 Å². The van der Waals surface area contributed by atoms with E-state index in [1.165, 1.54) is 0 Å². The molecular weight excluding hydrogens is 386 g/mol. The van der Waals surface area contributed by atoms with Gasteiger partial charge in [-0.1, -0.05) is 43.3 Å². The molecule has 2 heterocycles. The van der Waals surface area contributed by atoms with E-state index in [0.29, 0.717) is 5.56 Å². The SMILES string of the molecule is COc1ccccc1C1(C)CC1NC(=O)c1cc(-c2ccncc2)nc2ccccc12. The second-order valence-electron chi connectivity index (χ2n) is 8.16. The minimum Gasteiger partial charge on any atom is -0.496 e. The number of fused-ring (bicyclic) bond motifs is 1. The van der Waals surface area contributed by atoms with E-state index in [0.717, 1.165) is 39.9 Å². The summed E-state index contributed by atoms with van der Waals surface area (Å²) >= 11 is 0. The number of hydrogen-bond acceptors (Lipinski definition) is 4. The van der Waals surface area contributed by atoms with Gasteiger partial charge in [0.05, 0.1) is 23.9 Å². The van der Waals surface area contributed by atoms with E-state index < -0.39 is 0 Å². The Morgan fingerprint density at radius 3 is 2.61 bits per heavy atom. The molecule has 154 valence electrons. The van der Waals surface area contributed by atoms with Crippen molar-refractivity contribution < 1.29 is 9.53 Å². The van der Waals surface area contributed by atoms with Gasteiger partial charge in [-0.25, -0.2) is 4.98 Å². The molecule has 5 rings (SSSR count). The minimum atomic E-state index is -0.140. The van der Waals surface area contributed by atoms with Crippen LogP contribution in [0.4, 0.5) is 0 Å². The maximum Gasteiger partial charge on any atom is 0.252 e. The molecule has 5 heteroatoms. The Morgan fingerprint density at radius 2 is 1.81 bits per heavy atom. The summed E-state index contributed by atoms with van der Waals surface area (Å²) in [7, 11) is 1.68. The summed E-state index contributed by atoms with van der Waals surface area (Å²) in [6, 6.07) is 21.5.